The summed E-state index contributed by atoms with van der Waals surface area (Å²) in [6.07, 6.45) is 2.82. The van der Waals surface area contributed by atoms with Crippen LogP contribution in [0.4, 0.5) is 5.69 Å². The molecule has 1 aliphatic heterocycles. The fourth-order valence-corrected chi connectivity index (χ4v) is 3.08. The van der Waals surface area contributed by atoms with Crippen molar-refractivity contribution in [1.29, 1.82) is 0 Å². The molecule has 0 unspecified atom stereocenters. The van der Waals surface area contributed by atoms with Crippen LogP contribution in [-0.2, 0) is 17.8 Å². The Bertz CT molecular complexity index is 624. The lowest BCUT2D eigenvalue weighted by molar-refractivity contribution is -0.119. The van der Waals surface area contributed by atoms with Gasteiger partial charge in [0.05, 0.1) is 0 Å². The van der Waals surface area contributed by atoms with E-state index in [0.717, 1.165) is 24.9 Å². The third-order valence-corrected chi connectivity index (χ3v) is 4.13. The first-order valence-electron chi connectivity index (χ1n) is 7.43. The smallest absolute Gasteiger partial charge is 0.240 e. The van der Waals surface area contributed by atoms with Gasteiger partial charge in [0, 0.05) is 12.2 Å². The first kappa shape index (κ1) is 13.7. The molecule has 0 bridgehead atoms. The number of carbonyl (C=O) groups is 1. The molecule has 21 heavy (non-hydrogen) atoms. The monoisotopic (exact) mass is 280 g/mol. The Balaban J connectivity index is 2.00. The average molecular weight is 280 g/mol. The highest BCUT2D eigenvalue weighted by Gasteiger charge is 2.28. The number of hydrogen-bond donors (Lipinski definition) is 1. The first-order valence-corrected chi connectivity index (χ1v) is 7.43. The summed E-state index contributed by atoms with van der Waals surface area (Å²) in [5.41, 5.74) is 9.30. The molecule has 1 amide bonds. The van der Waals surface area contributed by atoms with E-state index in [2.05, 4.69) is 35.2 Å². The van der Waals surface area contributed by atoms with Crippen molar-refractivity contribution >= 4 is 11.6 Å². The van der Waals surface area contributed by atoms with Crippen LogP contribution in [0.5, 0.6) is 0 Å². The second-order valence-corrected chi connectivity index (χ2v) is 5.55. The molecule has 3 nitrogen and oxygen atoms in total. The molecule has 0 spiro atoms. The normalized spacial score (nSPS) is 17.9. The first-order chi connectivity index (χ1) is 10.3. The van der Waals surface area contributed by atoms with Crippen LogP contribution in [0.3, 0.4) is 0 Å². The van der Waals surface area contributed by atoms with Gasteiger partial charge >= 0.3 is 0 Å². The van der Waals surface area contributed by atoms with Crippen molar-refractivity contribution in [3.05, 3.63) is 65.7 Å². The summed E-state index contributed by atoms with van der Waals surface area (Å²) in [5, 5.41) is 0. The highest BCUT2D eigenvalue weighted by molar-refractivity contribution is 5.84. The lowest BCUT2D eigenvalue weighted by Crippen LogP contribution is -2.44. The molecule has 0 saturated carbocycles. The predicted octanol–water partition coefficient (Wildman–Crippen LogP) is 2.88. The molecule has 0 aliphatic carbocycles. The van der Waals surface area contributed by atoms with Gasteiger partial charge in [0.25, 0.3) is 0 Å². The summed E-state index contributed by atoms with van der Waals surface area (Å²) in [6, 6.07) is 18.3. The molecule has 2 N–H and O–H groups in total. The third-order valence-electron chi connectivity index (χ3n) is 4.13. The quantitative estimate of drug-likeness (QED) is 0.939. The molecule has 108 valence electrons. The minimum absolute atomic E-state index is 0.228. The third kappa shape index (κ3) is 2.92. The van der Waals surface area contributed by atoms with E-state index < -0.39 is 0 Å². The molecular formula is C18H20N2O. The van der Waals surface area contributed by atoms with Crippen molar-refractivity contribution in [2.75, 3.05) is 4.90 Å². The standard InChI is InChI=1S/C18H20N2O/c19-18(21)17-12-6-10-15-9-4-5-11-16(15)20(17)13-14-7-2-1-3-8-14/h1-5,7-9,11,17H,6,10,12-13H2,(H2,19,21)/t17-/m1/s1. The van der Waals surface area contributed by atoms with Crippen LogP contribution in [0.2, 0.25) is 0 Å². The van der Waals surface area contributed by atoms with Gasteiger partial charge in [-0.25, -0.2) is 0 Å². The topological polar surface area (TPSA) is 46.3 Å². The zero-order valence-electron chi connectivity index (χ0n) is 12.0. The lowest BCUT2D eigenvalue weighted by atomic mass is 10.1. The summed E-state index contributed by atoms with van der Waals surface area (Å²) >= 11 is 0. The predicted molar refractivity (Wildman–Crippen MR) is 85.0 cm³/mol. The summed E-state index contributed by atoms with van der Waals surface area (Å²) in [5.74, 6) is -0.234. The maximum Gasteiger partial charge on any atom is 0.240 e. The number of para-hydroxylation sites is 1. The second-order valence-electron chi connectivity index (χ2n) is 5.55. The maximum atomic E-state index is 11.9. The van der Waals surface area contributed by atoms with Gasteiger partial charge in [0.2, 0.25) is 5.91 Å². The number of carbonyl (C=O) groups excluding carboxylic acids is 1. The minimum atomic E-state index is -0.234. The van der Waals surface area contributed by atoms with E-state index in [1.54, 1.807) is 0 Å². The van der Waals surface area contributed by atoms with Crippen molar-refractivity contribution in [3.63, 3.8) is 0 Å². The van der Waals surface area contributed by atoms with Crippen LogP contribution in [0, 0.1) is 0 Å². The van der Waals surface area contributed by atoms with Crippen LogP contribution in [0.1, 0.15) is 24.0 Å². The number of aryl methyl sites for hydroxylation is 1. The van der Waals surface area contributed by atoms with Gasteiger partial charge < -0.3 is 10.6 Å². The van der Waals surface area contributed by atoms with E-state index in [1.807, 2.05) is 24.3 Å². The number of amides is 1. The summed E-state index contributed by atoms with van der Waals surface area (Å²) in [4.78, 5) is 14.1. The van der Waals surface area contributed by atoms with Gasteiger partial charge in [-0.15, -0.1) is 0 Å². The fourth-order valence-electron chi connectivity index (χ4n) is 3.08. The highest BCUT2D eigenvalue weighted by Crippen LogP contribution is 2.30. The molecule has 0 fully saturated rings. The summed E-state index contributed by atoms with van der Waals surface area (Å²) < 4.78 is 0. The van der Waals surface area contributed by atoms with Gasteiger partial charge in [0.15, 0.2) is 0 Å². The molecular weight excluding hydrogens is 260 g/mol. The Kier molecular flexibility index (Phi) is 3.91. The van der Waals surface area contributed by atoms with Crippen LogP contribution >= 0.6 is 0 Å². The van der Waals surface area contributed by atoms with Crippen molar-refractivity contribution < 1.29 is 4.79 Å². The Hall–Kier alpha value is -2.29. The molecule has 0 radical (unpaired) electrons. The average Bonchev–Trinajstić information content (AvgIpc) is 2.68. The molecule has 3 rings (SSSR count). The van der Waals surface area contributed by atoms with Crippen molar-refractivity contribution in [1.82, 2.24) is 0 Å². The van der Waals surface area contributed by atoms with Gasteiger partial charge in [-0.3, -0.25) is 4.79 Å². The number of anilines is 1. The fraction of sp³-hybridized carbons (Fsp3) is 0.278. The van der Waals surface area contributed by atoms with Gasteiger partial charge in [-0.05, 0) is 36.5 Å². The summed E-state index contributed by atoms with van der Waals surface area (Å²) in [7, 11) is 0. The molecule has 2 aromatic rings. The minimum Gasteiger partial charge on any atom is -0.368 e. The Morgan fingerprint density at radius 2 is 1.81 bits per heavy atom. The number of nitrogens with two attached hydrogens (primary N) is 1. The Morgan fingerprint density at radius 3 is 2.57 bits per heavy atom. The highest BCUT2D eigenvalue weighted by atomic mass is 16.1. The molecule has 1 aliphatic rings. The number of benzene rings is 2. The van der Waals surface area contributed by atoms with Crippen LogP contribution in [0.25, 0.3) is 0 Å². The van der Waals surface area contributed by atoms with E-state index in [9.17, 15) is 4.79 Å². The zero-order chi connectivity index (χ0) is 14.7. The SMILES string of the molecule is NC(=O)[C@H]1CCCc2ccccc2N1Cc1ccccc1. The molecule has 3 heteroatoms. The molecule has 1 atom stereocenters. The number of primary amides is 1. The molecule has 0 saturated heterocycles. The number of rotatable bonds is 3. The van der Waals surface area contributed by atoms with Crippen molar-refractivity contribution in [3.8, 4) is 0 Å². The number of fused-ring (bicyclic) bond motifs is 1. The van der Waals surface area contributed by atoms with E-state index >= 15 is 0 Å². The number of hydrogen-bond acceptors (Lipinski definition) is 2. The van der Waals surface area contributed by atoms with E-state index in [0.29, 0.717) is 6.54 Å². The van der Waals surface area contributed by atoms with Crippen LogP contribution < -0.4 is 10.6 Å². The van der Waals surface area contributed by atoms with E-state index in [4.69, 9.17) is 5.73 Å². The maximum absolute atomic E-state index is 11.9. The van der Waals surface area contributed by atoms with Gasteiger partial charge in [-0.1, -0.05) is 48.5 Å². The Morgan fingerprint density at radius 1 is 1.10 bits per heavy atom. The van der Waals surface area contributed by atoms with Crippen molar-refractivity contribution in [2.24, 2.45) is 5.73 Å². The van der Waals surface area contributed by atoms with Crippen LogP contribution in [-0.4, -0.2) is 11.9 Å². The van der Waals surface area contributed by atoms with E-state index in [1.165, 1.54) is 11.1 Å². The molecule has 2 aromatic carbocycles. The van der Waals surface area contributed by atoms with E-state index in [-0.39, 0.29) is 11.9 Å². The lowest BCUT2D eigenvalue weighted by Gasteiger charge is -2.31. The Labute approximate surface area is 125 Å². The number of nitrogens with zero attached hydrogens (tertiary/aromatic N) is 1. The summed E-state index contributed by atoms with van der Waals surface area (Å²) in [6.45, 7) is 0.714. The molecule has 0 aromatic heterocycles. The van der Waals surface area contributed by atoms with Gasteiger partial charge in [-0.2, -0.15) is 0 Å². The largest absolute Gasteiger partial charge is 0.368 e. The van der Waals surface area contributed by atoms with Gasteiger partial charge in [0.1, 0.15) is 6.04 Å². The zero-order valence-corrected chi connectivity index (χ0v) is 12.0. The second kappa shape index (κ2) is 6.00. The molecule has 1 heterocycles. The van der Waals surface area contributed by atoms with Crippen molar-refractivity contribution in [2.45, 2.75) is 31.8 Å². The van der Waals surface area contributed by atoms with Crippen LogP contribution in [0.15, 0.2) is 54.6 Å².